The quantitative estimate of drug-likeness (QED) is 0.861. The second-order valence-electron chi connectivity index (χ2n) is 6.03. The molecule has 0 fully saturated rings. The summed E-state index contributed by atoms with van der Waals surface area (Å²) in [6, 6.07) is 10.5. The average molecular weight is 351 g/mol. The lowest BCUT2D eigenvalue weighted by atomic mass is 9.97. The van der Waals surface area contributed by atoms with E-state index in [2.05, 4.69) is 4.72 Å². The van der Waals surface area contributed by atoms with Gasteiger partial charge in [-0.2, -0.15) is 0 Å². The van der Waals surface area contributed by atoms with E-state index in [1.165, 1.54) is 12.1 Å². The monoisotopic (exact) mass is 351 g/mol. The van der Waals surface area contributed by atoms with Crippen molar-refractivity contribution in [1.29, 1.82) is 0 Å². The molecule has 0 aliphatic rings. The van der Waals surface area contributed by atoms with E-state index in [-0.39, 0.29) is 10.8 Å². The molecule has 0 aliphatic heterocycles. The summed E-state index contributed by atoms with van der Waals surface area (Å²) in [5.74, 6) is 0.138. The van der Waals surface area contributed by atoms with E-state index in [0.717, 1.165) is 11.6 Å². The second kappa shape index (κ2) is 7.32. The highest BCUT2D eigenvalue weighted by Gasteiger charge is 2.25. The van der Waals surface area contributed by atoms with Crippen molar-refractivity contribution in [3.05, 3.63) is 59.4 Å². The number of ether oxygens (including phenoxy) is 1. The molecule has 1 N–H and O–H groups in total. The second-order valence-corrected chi connectivity index (χ2v) is 7.71. The van der Waals surface area contributed by atoms with Gasteiger partial charge in [-0.25, -0.2) is 17.5 Å². The Labute approximate surface area is 142 Å². The fourth-order valence-corrected chi connectivity index (χ4v) is 4.12. The largest absolute Gasteiger partial charge is 0.497 e. The number of benzene rings is 2. The van der Waals surface area contributed by atoms with Crippen molar-refractivity contribution in [3.63, 3.8) is 0 Å². The lowest BCUT2D eigenvalue weighted by molar-refractivity contribution is 0.413. The number of nitrogens with one attached hydrogen (secondary N) is 1. The Bertz CT molecular complexity index is 802. The summed E-state index contributed by atoms with van der Waals surface area (Å²) >= 11 is 0. The lowest BCUT2D eigenvalue weighted by Crippen LogP contribution is -2.32. The zero-order valence-corrected chi connectivity index (χ0v) is 15.0. The highest BCUT2D eigenvalue weighted by molar-refractivity contribution is 7.89. The number of hydrogen-bond acceptors (Lipinski definition) is 3. The van der Waals surface area contributed by atoms with E-state index < -0.39 is 21.9 Å². The minimum atomic E-state index is -3.84. The highest BCUT2D eigenvalue weighted by Crippen LogP contribution is 2.27. The van der Waals surface area contributed by atoms with Crippen LogP contribution in [0.15, 0.2) is 47.4 Å². The van der Waals surface area contributed by atoms with Crippen molar-refractivity contribution in [1.82, 2.24) is 4.72 Å². The zero-order valence-electron chi connectivity index (χ0n) is 14.2. The molecule has 0 bridgehead atoms. The van der Waals surface area contributed by atoms with Gasteiger partial charge >= 0.3 is 0 Å². The predicted octanol–water partition coefficient (Wildman–Crippen LogP) is 3.82. The maximum atomic E-state index is 13.5. The molecule has 0 aliphatic carbocycles. The van der Waals surface area contributed by atoms with Crippen LogP contribution in [0.2, 0.25) is 0 Å². The molecule has 1 unspecified atom stereocenters. The first kappa shape index (κ1) is 18.4. The number of sulfonamides is 1. The molecule has 6 heteroatoms. The highest BCUT2D eigenvalue weighted by atomic mass is 32.2. The van der Waals surface area contributed by atoms with Gasteiger partial charge in [0.1, 0.15) is 11.6 Å². The Kier molecular flexibility index (Phi) is 5.62. The number of methoxy groups -OCH3 is 1. The summed E-state index contributed by atoms with van der Waals surface area (Å²) in [4.78, 5) is -0.0401. The van der Waals surface area contributed by atoms with Crippen molar-refractivity contribution >= 4 is 10.0 Å². The lowest BCUT2D eigenvalue weighted by Gasteiger charge is -2.23. The van der Waals surface area contributed by atoms with E-state index in [4.69, 9.17) is 4.74 Å². The molecular weight excluding hydrogens is 329 g/mol. The fourth-order valence-electron chi connectivity index (χ4n) is 2.49. The number of aryl methyl sites for hydroxylation is 1. The van der Waals surface area contributed by atoms with Crippen LogP contribution in [0.25, 0.3) is 0 Å². The molecule has 2 rings (SSSR count). The summed E-state index contributed by atoms with van der Waals surface area (Å²) < 4.78 is 46.7. The molecule has 0 saturated heterocycles. The molecule has 0 saturated carbocycles. The molecule has 0 spiro atoms. The summed E-state index contributed by atoms with van der Waals surface area (Å²) in [6.45, 7) is 5.50. The molecule has 0 amide bonds. The molecule has 2 aromatic carbocycles. The normalized spacial score (nSPS) is 13.1. The molecule has 0 radical (unpaired) electrons. The third-order valence-corrected chi connectivity index (χ3v) is 5.45. The number of halogens is 1. The Morgan fingerprint density at radius 1 is 1.08 bits per heavy atom. The smallest absolute Gasteiger partial charge is 0.241 e. The topological polar surface area (TPSA) is 55.4 Å². The van der Waals surface area contributed by atoms with Crippen LogP contribution in [0.5, 0.6) is 5.75 Å². The molecule has 130 valence electrons. The summed E-state index contributed by atoms with van der Waals surface area (Å²) in [7, 11) is -2.27. The van der Waals surface area contributed by atoms with Gasteiger partial charge in [0.15, 0.2) is 0 Å². The molecule has 4 nitrogen and oxygen atoms in total. The first-order valence-electron chi connectivity index (χ1n) is 7.67. The third kappa shape index (κ3) is 4.13. The minimum absolute atomic E-state index is 0.0158. The van der Waals surface area contributed by atoms with Gasteiger partial charge in [-0.3, -0.25) is 0 Å². The van der Waals surface area contributed by atoms with Gasteiger partial charge in [-0.05, 0) is 48.2 Å². The summed E-state index contributed by atoms with van der Waals surface area (Å²) in [6.07, 6.45) is 0. The van der Waals surface area contributed by atoms with Crippen LogP contribution in [0.4, 0.5) is 4.39 Å². The minimum Gasteiger partial charge on any atom is -0.497 e. The molecule has 24 heavy (non-hydrogen) atoms. The maximum absolute atomic E-state index is 13.5. The van der Waals surface area contributed by atoms with Crippen LogP contribution >= 0.6 is 0 Å². The van der Waals surface area contributed by atoms with Gasteiger partial charge in [0.05, 0.1) is 12.0 Å². The molecule has 0 aromatic heterocycles. The van der Waals surface area contributed by atoms with E-state index in [9.17, 15) is 12.8 Å². The summed E-state index contributed by atoms with van der Waals surface area (Å²) in [5, 5.41) is 0. The third-order valence-electron chi connectivity index (χ3n) is 3.86. The van der Waals surface area contributed by atoms with E-state index >= 15 is 0 Å². The SMILES string of the molecule is COc1ccc(C(NS(=O)(=O)c2cc(F)ccc2C)C(C)C)cc1. The Morgan fingerprint density at radius 3 is 2.25 bits per heavy atom. The zero-order chi connectivity index (χ0) is 17.9. The van der Waals surface area contributed by atoms with Crippen molar-refractivity contribution in [3.8, 4) is 5.75 Å². The Hall–Kier alpha value is -1.92. The van der Waals surface area contributed by atoms with Gasteiger partial charge < -0.3 is 4.74 Å². The summed E-state index contributed by atoms with van der Waals surface area (Å²) in [5.41, 5.74) is 1.32. The van der Waals surface area contributed by atoms with E-state index in [1.807, 2.05) is 26.0 Å². The van der Waals surface area contributed by atoms with Crippen molar-refractivity contribution < 1.29 is 17.5 Å². The van der Waals surface area contributed by atoms with Crippen molar-refractivity contribution in [2.75, 3.05) is 7.11 Å². The van der Waals surface area contributed by atoms with Crippen LogP contribution in [0, 0.1) is 18.7 Å². The van der Waals surface area contributed by atoms with Gasteiger partial charge in [-0.1, -0.05) is 32.0 Å². The Balaban J connectivity index is 2.37. The predicted molar refractivity (Wildman–Crippen MR) is 92.0 cm³/mol. The first-order chi connectivity index (χ1) is 11.2. The maximum Gasteiger partial charge on any atom is 0.241 e. The van der Waals surface area contributed by atoms with E-state index in [1.54, 1.807) is 26.2 Å². The number of rotatable bonds is 6. The molecule has 0 heterocycles. The van der Waals surface area contributed by atoms with Crippen LogP contribution in [-0.2, 0) is 10.0 Å². The van der Waals surface area contributed by atoms with Gasteiger partial charge in [0.25, 0.3) is 0 Å². The fraction of sp³-hybridized carbons (Fsp3) is 0.333. The van der Waals surface area contributed by atoms with Crippen LogP contribution < -0.4 is 9.46 Å². The molecular formula is C18H22FNO3S. The average Bonchev–Trinajstić information content (AvgIpc) is 2.54. The molecule has 2 aromatic rings. The van der Waals surface area contributed by atoms with Crippen LogP contribution in [0.3, 0.4) is 0 Å². The van der Waals surface area contributed by atoms with Crippen molar-refractivity contribution in [2.45, 2.75) is 31.7 Å². The Morgan fingerprint density at radius 2 is 1.71 bits per heavy atom. The van der Waals surface area contributed by atoms with Gasteiger partial charge in [-0.15, -0.1) is 0 Å². The van der Waals surface area contributed by atoms with Gasteiger partial charge in [0.2, 0.25) is 10.0 Å². The van der Waals surface area contributed by atoms with E-state index in [0.29, 0.717) is 11.3 Å². The number of hydrogen-bond donors (Lipinski definition) is 1. The first-order valence-corrected chi connectivity index (χ1v) is 9.15. The molecule has 1 atom stereocenters. The van der Waals surface area contributed by atoms with Crippen LogP contribution in [0.1, 0.15) is 31.0 Å². The van der Waals surface area contributed by atoms with Crippen LogP contribution in [-0.4, -0.2) is 15.5 Å². The van der Waals surface area contributed by atoms with Crippen molar-refractivity contribution in [2.24, 2.45) is 5.92 Å². The van der Waals surface area contributed by atoms with Gasteiger partial charge in [0, 0.05) is 6.04 Å². The standard InChI is InChI=1S/C18H22FNO3S/c1-12(2)18(14-6-9-16(23-4)10-7-14)20-24(21,22)17-11-15(19)8-5-13(17)3/h5-12,18,20H,1-4H3.